The zero-order chi connectivity index (χ0) is 10.7. The minimum Gasteiger partial charge on any atom is -0.379 e. The van der Waals surface area contributed by atoms with E-state index in [1.165, 1.54) is 32.4 Å². The summed E-state index contributed by atoms with van der Waals surface area (Å²) in [7, 11) is 0. The second-order valence-electron chi connectivity index (χ2n) is 5.34. The fourth-order valence-corrected chi connectivity index (χ4v) is 2.70. The number of nitrogens with zero attached hydrogens (tertiary/aromatic N) is 1. The average Bonchev–Trinajstić information content (AvgIpc) is 2.22. The molecule has 15 heavy (non-hydrogen) atoms. The lowest BCUT2D eigenvalue weighted by Gasteiger charge is -2.43. The van der Waals surface area contributed by atoms with Crippen LogP contribution in [0.15, 0.2) is 0 Å². The quantitative estimate of drug-likeness (QED) is 0.745. The van der Waals surface area contributed by atoms with Gasteiger partial charge in [-0.25, -0.2) is 0 Å². The molecule has 0 spiro atoms. The molecule has 0 aromatic rings. The lowest BCUT2D eigenvalue weighted by molar-refractivity contribution is -0.0144. The van der Waals surface area contributed by atoms with Crippen LogP contribution in [0.25, 0.3) is 0 Å². The smallest absolute Gasteiger partial charge is 0.0619 e. The Balaban J connectivity index is 1.88. The minimum atomic E-state index is 0.337. The maximum Gasteiger partial charge on any atom is 0.0619 e. The van der Waals surface area contributed by atoms with E-state index in [9.17, 15) is 0 Å². The van der Waals surface area contributed by atoms with Crippen LogP contribution in [-0.4, -0.2) is 49.3 Å². The maximum absolute atomic E-state index is 5.47. The highest BCUT2D eigenvalue weighted by atomic mass is 16.5. The molecule has 2 unspecified atom stereocenters. The number of hydrogen-bond donors (Lipinski definition) is 1. The van der Waals surface area contributed by atoms with Crippen LogP contribution >= 0.6 is 0 Å². The van der Waals surface area contributed by atoms with E-state index in [0.29, 0.717) is 11.6 Å². The van der Waals surface area contributed by atoms with Crippen molar-refractivity contribution in [2.45, 2.75) is 44.7 Å². The van der Waals surface area contributed by atoms with Crippen molar-refractivity contribution in [1.82, 2.24) is 10.2 Å². The summed E-state index contributed by atoms with van der Waals surface area (Å²) in [6.07, 6.45) is 4.04. The van der Waals surface area contributed by atoms with Crippen molar-refractivity contribution < 1.29 is 4.74 Å². The summed E-state index contributed by atoms with van der Waals surface area (Å²) in [5, 5.41) is 3.68. The van der Waals surface area contributed by atoms with E-state index in [1.54, 1.807) is 0 Å². The molecule has 3 heteroatoms. The van der Waals surface area contributed by atoms with Gasteiger partial charge >= 0.3 is 0 Å². The summed E-state index contributed by atoms with van der Waals surface area (Å²) < 4.78 is 5.47. The molecule has 2 rings (SSSR count). The number of nitrogens with one attached hydrogen (secondary N) is 1. The van der Waals surface area contributed by atoms with Gasteiger partial charge in [-0.3, -0.25) is 4.90 Å². The first kappa shape index (κ1) is 11.4. The van der Waals surface area contributed by atoms with Crippen LogP contribution in [-0.2, 0) is 4.74 Å². The van der Waals surface area contributed by atoms with Gasteiger partial charge in [0.15, 0.2) is 0 Å². The van der Waals surface area contributed by atoms with Gasteiger partial charge in [0.05, 0.1) is 13.2 Å². The number of hydrogen-bond acceptors (Lipinski definition) is 3. The van der Waals surface area contributed by atoms with E-state index in [-0.39, 0.29) is 0 Å². The second kappa shape index (κ2) is 4.81. The molecule has 2 saturated heterocycles. The van der Waals surface area contributed by atoms with Crippen molar-refractivity contribution in [3.63, 3.8) is 0 Å². The molecule has 88 valence electrons. The molecule has 2 atom stereocenters. The molecule has 0 amide bonds. The summed E-state index contributed by atoms with van der Waals surface area (Å²) in [6, 6.07) is 0.583. The minimum absolute atomic E-state index is 0.337. The van der Waals surface area contributed by atoms with E-state index < -0.39 is 0 Å². The van der Waals surface area contributed by atoms with Gasteiger partial charge in [-0.15, -0.1) is 0 Å². The highest BCUT2D eigenvalue weighted by Crippen LogP contribution is 2.21. The first-order chi connectivity index (χ1) is 7.20. The Bertz CT molecular complexity index is 202. The standard InChI is InChI=1S/C12H24N2O/c1-11-9-15-8-7-14(11)10-12(2)5-3-4-6-13-12/h11,13H,3-10H2,1-2H3. The summed E-state index contributed by atoms with van der Waals surface area (Å²) in [5.74, 6) is 0. The molecule has 2 aliphatic heterocycles. The third-order valence-electron chi connectivity index (χ3n) is 3.76. The molecule has 2 fully saturated rings. The summed E-state index contributed by atoms with van der Waals surface area (Å²) in [6.45, 7) is 9.90. The molecule has 3 nitrogen and oxygen atoms in total. The molecule has 0 aliphatic carbocycles. The summed E-state index contributed by atoms with van der Waals surface area (Å²) in [5.41, 5.74) is 0.337. The zero-order valence-corrected chi connectivity index (χ0v) is 10.1. The number of rotatable bonds is 2. The summed E-state index contributed by atoms with van der Waals surface area (Å²) >= 11 is 0. The van der Waals surface area contributed by atoms with Crippen molar-refractivity contribution in [2.75, 3.05) is 32.8 Å². The van der Waals surface area contributed by atoms with Crippen LogP contribution in [0.3, 0.4) is 0 Å². The fourth-order valence-electron chi connectivity index (χ4n) is 2.70. The Morgan fingerprint density at radius 1 is 1.47 bits per heavy atom. The Labute approximate surface area is 93.2 Å². The average molecular weight is 212 g/mol. The largest absolute Gasteiger partial charge is 0.379 e. The SMILES string of the molecule is CC1COCCN1CC1(C)CCCCN1. The van der Waals surface area contributed by atoms with Crippen LogP contribution in [0.1, 0.15) is 33.1 Å². The third-order valence-corrected chi connectivity index (χ3v) is 3.76. The third kappa shape index (κ3) is 2.92. The van der Waals surface area contributed by atoms with Gasteiger partial charge < -0.3 is 10.1 Å². The van der Waals surface area contributed by atoms with Crippen molar-refractivity contribution in [3.8, 4) is 0 Å². The second-order valence-corrected chi connectivity index (χ2v) is 5.34. The maximum atomic E-state index is 5.47. The molecule has 0 aromatic heterocycles. The molecule has 0 radical (unpaired) electrons. The Morgan fingerprint density at radius 3 is 3.00 bits per heavy atom. The lowest BCUT2D eigenvalue weighted by Crippen LogP contribution is -2.57. The molecule has 2 aliphatic rings. The van der Waals surface area contributed by atoms with E-state index in [0.717, 1.165) is 19.8 Å². The highest BCUT2D eigenvalue weighted by molar-refractivity contribution is 4.91. The number of ether oxygens (including phenoxy) is 1. The number of morpholine rings is 1. The molecule has 0 aromatic carbocycles. The van der Waals surface area contributed by atoms with Gasteiger partial charge in [0.2, 0.25) is 0 Å². The molecule has 0 bridgehead atoms. The first-order valence-corrected chi connectivity index (χ1v) is 6.26. The molecule has 2 heterocycles. The molecular weight excluding hydrogens is 188 g/mol. The van der Waals surface area contributed by atoms with E-state index >= 15 is 0 Å². The van der Waals surface area contributed by atoms with Crippen molar-refractivity contribution in [3.05, 3.63) is 0 Å². The van der Waals surface area contributed by atoms with Gasteiger partial charge in [-0.05, 0) is 33.2 Å². The zero-order valence-electron chi connectivity index (χ0n) is 10.1. The predicted molar refractivity (Wildman–Crippen MR) is 62.1 cm³/mol. The van der Waals surface area contributed by atoms with Gasteiger partial charge in [0.1, 0.15) is 0 Å². The van der Waals surface area contributed by atoms with Gasteiger partial charge in [0, 0.05) is 24.7 Å². The molecular formula is C12H24N2O. The predicted octanol–water partition coefficient (Wildman–Crippen LogP) is 1.24. The van der Waals surface area contributed by atoms with E-state index in [2.05, 4.69) is 24.1 Å². The van der Waals surface area contributed by atoms with E-state index in [1.807, 2.05) is 0 Å². The van der Waals surface area contributed by atoms with Crippen molar-refractivity contribution >= 4 is 0 Å². The molecule has 1 N–H and O–H groups in total. The Kier molecular flexibility index (Phi) is 3.65. The molecule has 0 saturated carbocycles. The van der Waals surface area contributed by atoms with Gasteiger partial charge in [-0.2, -0.15) is 0 Å². The highest BCUT2D eigenvalue weighted by Gasteiger charge is 2.31. The normalized spacial score (nSPS) is 39.2. The van der Waals surface area contributed by atoms with Crippen LogP contribution in [0.4, 0.5) is 0 Å². The fraction of sp³-hybridized carbons (Fsp3) is 1.00. The van der Waals surface area contributed by atoms with Gasteiger partial charge in [-0.1, -0.05) is 6.42 Å². The van der Waals surface area contributed by atoms with Gasteiger partial charge in [0.25, 0.3) is 0 Å². The lowest BCUT2D eigenvalue weighted by atomic mass is 9.90. The Hall–Kier alpha value is -0.120. The van der Waals surface area contributed by atoms with Crippen LogP contribution in [0, 0.1) is 0 Å². The van der Waals surface area contributed by atoms with Crippen molar-refractivity contribution in [2.24, 2.45) is 0 Å². The van der Waals surface area contributed by atoms with Crippen molar-refractivity contribution in [1.29, 1.82) is 0 Å². The van der Waals surface area contributed by atoms with E-state index in [4.69, 9.17) is 4.74 Å². The summed E-state index contributed by atoms with van der Waals surface area (Å²) in [4.78, 5) is 2.57. The topological polar surface area (TPSA) is 24.5 Å². The monoisotopic (exact) mass is 212 g/mol. The van der Waals surface area contributed by atoms with Crippen LogP contribution in [0.5, 0.6) is 0 Å². The first-order valence-electron chi connectivity index (χ1n) is 6.26. The van der Waals surface area contributed by atoms with Crippen LogP contribution in [0.2, 0.25) is 0 Å². The Morgan fingerprint density at radius 2 is 2.33 bits per heavy atom. The van der Waals surface area contributed by atoms with Crippen LogP contribution < -0.4 is 5.32 Å². The number of piperidine rings is 1.